The third-order valence-corrected chi connectivity index (χ3v) is 4.32. The van der Waals surface area contributed by atoms with Crippen LogP contribution < -0.4 is 4.90 Å². The first-order valence-electron chi connectivity index (χ1n) is 7.94. The molecule has 0 unspecified atom stereocenters. The lowest BCUT2D eigenvalue weighted by molar-refractivity contribution is -0.384. The third-order valence-electron chi connectivity index (χ3n) is 4.32. The minimum Gasteiger partial charge on any atom is -0.320 e. The Labute approximate surface area is 143 Å². The van der Waals surface area contributed by atoms with Gasteiger partial charge in [0.1, 0.15) is 6.33 Å². The maximum absolute atomic E-state index is 11.9. The molecule has 0 saturated carbocycles. The Morgan fingerprint density at radius 2 is 1.92 bits per heavy atom. The summed E-state index contributed by atoms with van der Waals surface area (Å²) in [6.45, 7) is 4.33. The van der Waals surface area contributed by atoms with Gasteiger partial charge in [-0.2, -0.15) is 5.10 Å². The predicted octanol–water partition coefficient (Wildman–Crippen LogP) is 2.88. The molecule has 8 nitrogen and oxygen atoms in total. The fourth-order valence-electron chi connectivity index (χ4n) is 3.28. The second kappa shape index (κ2) is 5.66. The number of para-hydroxylation sites is 1. The van der Waals surface area contributed by atoms with Crippen molar-refractivity contribution >= 4 is 17.2 Å². The van der Waals surface area contributed by atoms with Gasteiger partial charge in [0.15, 0.2) is 0 Å². The van der Waals surface area contributed by atoms with E-state index in [9.17, 15) is 10.1 Å². The van der Waals surface area contributed by atoms with Gasteiger partial charge in [-0.15, -0.1) is 0 Å². The van der Waals surface area contributed by atoms with Crippen LogP contribution in [-0.2, 0) is 6.42 Å². The van der Waals surface area contributed by atoms with E-state index in [1.807, 2.05) is 49.1 Å². The molecule has 1 aliphatic heterocycles. The minimum absolute atomic E-state index is 0.134. The van der Waals surface area contributed by atoms with E-state index >= 15 is 0 Å². The molecular formula is C17H16N6O2. The molecule has 3 aromatic rings. The lowest BCUT2D eigenvalue weighted by Crippen LogP contribution is -2.18. The molecule has 1 aliphatic rings. The second-order valence-corrected chi connectivity index (χ2v) is 6.00. The lowest BCUT2D eigenvalue weighted by Gasteiger charge is -2.18. The molecule has 0 aliphatic carbocycles. The number of benzene rings is 1. The Balaban J connectivity index is 1.92. The van der Waals surface area contributed by atoms with Crippen LogP contribution in [0.4, 0.5) is 17.2 Å². The summed E-state index contributed by atoms with van der Waals surface area (Å²) in [4.78, 5) is 21.7. The number of nitro groups is 1. The van der Waals surface area contributed by atoms with E-state index in [0.717, 1.165) is 29.1 Å². The molecule has 0 saturated heterocycles. The first-order valence-corrected chi connectivity index (χ1v) is 7.94. The molecular weight excluding hydrogens is 320 g/mol. The Morgan fingerprint density at radius 1 is 1.16 bits per heavy atom. The van der Waals surface area contributed by atoms with E-state index in [2.05, 4.69) is 15.1 Å². The summed E-state index contributed by atoms with van der Waals surface area (Å²) < 4.78 is 1.50. The van der Waals surface area contributed by atoms with Gasteiger partial charge in [0.2, 0.25) is 11.6 Å². The number of rotatable bonds is 3. The van der Waals surface area contributed by atoms with E-state index < -0.39 is 4.92 Å². The van der Waals surface area contributed by atoms with E-state index in [1.165, 1.54) is 11.0 Å². The highest BCUT2D eigenvalue weighted by atomic mass is 16.6. The Bertz CT molecular complexity index is 981. The van der Waals surface area contributed by atoms with Crippen molar-refractivity contribution in [2.24, 2.45) is 0 Å². The van der Waals surface area contributed by atoms with Crippen LogP contribution >= 0.6 is 0 Å². The molecule has 0 bridgehead atoms. The zero-order valence-corrected chi connectivity index (χ0v) is 13.9. The molecule has 25 heavy (non-hydrogen) atoms. The van der Waals surface area contributed by atoms with Crippen LogP contribution in [-0.4, -0.2) is 31.2 Å². The van der Waals surface area contributed by atoms with Crippen LogP contribution in [0.3, 0.4) is 0 Å². The molecule has 1 aromatic carbocycles. The van der Waals surface area contributed by atoms with Crippen molar-refractivity contribution in [3.05, 3.63) is 63.7 Å². The largest absolute Gasteiger partial charge is 0.356 e. The average molecular weight is 336 g/mol. The standard InChI is InChI=1S/C17H16N6O2/c1-11-9-12(2)22(20-11)17-15(23(24)25)16(18-10-19-17)21-8-7-13-5-3-4-6-14(13)21/h3-6,9-10H,7-8H2,1-2H3. The highest BCUT2D eigenvalue weighted by Crippen LogP contribution is 2.39. The second-order valence-electron chi connectivity index (χ2n) is 6.00. The van der Waals surface area contributed by atoms with Crippen LogP contribution in [0.1, 0.15) is 17.0 Å². The first-order chi connectivity index (χ1) is 12.1. The van der Waals surface area contributed by atoms with Crippen LogP contribution in [0.2, 0.25) is 0 Å². The Hall–Kier alpha value is -3.29. The summed E-state index contributed by atoms with van der Waals surface area (Å²) in [6, 6.07) is 9.74. The summed E-state index contributed by atoms with van der Waals surface area (Å²) in [5, 5.41) is 16.2. The van der Waals surface area contributed by atoms with Crippen LogP contribution in [0.25, 0.3) is 5.82 Å². The molecule has 0 atom stereocenters. The Kier molecular flexibility index (Phi) is 3.45. The van der Waals surface area contributed by atoms with E-state index in [0.29, 0.717) is 12.4 Å². The molecule has 0 amide bonds. The maximum Gasteiger partial charge on any atom is 0.356 e. The third kappa shape index (κ3) is 2.42. The Morgan fingerprint density at radius 3 is 2.64 bits per heavy atom. The highest BCUT2D eigenvalue weighted by molar-refractivity contribution is 5.76. The van der Waals surface area contributed by atoms with Gasteiger partial charge >= 0.3 is 5.69 Å². The molecule has 0 spiro atoms. The topological polar surface area (TPSA) is 90.0 Å². The fourth-order valence-corrected chi connectivity index (χ4v) is 3.28. The molecule has 0 fully saturated rings. The van der Waals surface area contributed by atoms with E-state index in [-0.39, 0.29) is 11.5 Å². The molecule has 0 radical (unpaired) electrons. The van der Waals surface area contributed by atoms with Gasteiger partial charge in [-0.05, 0) is 38.0 Å². The van der Waals surface area contributed by atoms with Gasteiger partial charge < -0.3 is 4.90 Å². The number of nitrogens with zero attached hydrogens (tertiary/aromatic N) is 6. The van der Waals surface area contributed by atoms with Gasteiger partial charge in [0.25, 0.3) is 0 Å². The van der Waals surface area contributed by atoms with Crippen molar-refractivity contribution in [2.45, 2.75) is 20.3 Å². The fraction of sp³-hybridized carbons (Fsp3) is 0.235. The SMILES string of the molecule is Cc1cc(C)n(-c2ncnc(N3CCc4ccccc43)c2[N+](=O)[O-])n1. The summed E-state index contributed by atoms with van der Waals surface area (Å²) in [6.07, 6.45) is 2.18. The smallest absolute Gasteiger partial charge is 0.320 e. The first kappa shape index (κ1) is 15.3. The summed E-state index contributed by atoms with van der Waals surface area (Å²) in [5.41, 5.74) is 3.53. The van der Waals surface area contributed by atoms with Crippen LogP contribution in [0.5, 0.6) is 0 Å². The minimum atomic E-state index is -0.429. The number of hydrogen-bond donors (Lipinski definition) is 0. The summed E-state index contributed by atoms with van der Waals surface area (Å²) in [7, 11) is 0. The van der Waals surface area contributed by atoms with Gasteiger partial charge in [0, 0.05) is 17.9 Å². The van der Waals surface area contributed by atoms with Crippen LogP contribution in [0.15, 0.2) is 36.7 Å². The number of anilines is 2. The molecule has 2 aromatic heterocycles. The maximum atomic E-state index is 11.9. The average Bonchev–Trinajstić information content (AvgIpc) is 3.16. The summed E-state index contributed by atoms with van der Waals surface area (Å²) in [5.74, 6) is 0.484. The molecule has 3 heterocycles. The molecule has 4 rings (SSSR count). The van der Waals surface area contributed by atoms with Crippen molar-refractivity contribution < 1.29 is 4.92 Å². The number of hydrogen-bond acceptors (Lipinski definition) is 6. The zero-order chi connectivity index (χ0) is 17.6. The predicted molar refractivity (Wildman–Crippen MR) is 92.4 cm³/mol. The summed E-state index contributed by atoms with van der Waals surface area (Å²) >= 11 is 0. The monoisotopic (exact) mass is 336 g/mol. The lowest BCUT2D eigenvalue weighted by atomic mass is 10.2. The number of aromatic nitrogens is 4. The van der Waals surface area contributed by atoms with Crippen molar-refractivity contribution in [2.75, 3.05) is 11.4 Å². The number of fused-ring (bicyclic) bond motifs is 1. The van der Waals surface area contributed by atoms with Crippen molar-refractivity contribution in [1.82, 2.24) is 19.7 Å². The van der Waals surface area contributed by atoms with E-state index in [1.54, 1.807) is 0 Å². The molecule has 8 heteroatoms. The number of aryl methyl sites for hydroxylation is 2. The normalized spacial score (nSPS) is 13.1. The van der Waals surface area contributed by atoms with Gasteiger partial charge in [-0.1, -0.05) is 18.2 Å². The van der Waals surface area contributed by atoms with Gasteiger partial charge in [0.05, 0.1) is 10.6 Å². The van der Waals surface area contributed by atoms with Crippen molar-refractivity contribution in [1.29, 1.82) is 0 Å². The van der Waals surface area contributed by atoms with Crippen molar-refractivity contribution in [3.8, 4) is 5.82 Å². The van der Waals surface area contributed by atoms with Gasteiger partial charge in [-0.25, -0.2) is 14.6 Å². The highest BCUT2D eigenvalue weighted by Gasteiger charge is 2.32. The van der Waals surface area contributed by atoms with Crippen molar-refractivity contribution in [3.63, 3.8) is 0 Å². The molecule has 0 N–H and O–H groups in total. The quantitative estimate of drug-likeness (QED) is 0.539. The molecule has 126 valence electrons. The van der Waals surface area contributed by atoms with Gasteiger partial charge in [-0.3, -0.25) is 10.1 Å². The van der Waals surface area contributed by atoms with E-state index in [4.69, 9.17) is 0 Å². The zero-order valence-electron chi connectivity index (χ0n) is 13.9. The van der Waals surface area contributed by atoms with Crippen LogP contribution in [0, 0.1) is 24.0 Å².